The van der Waals surface area contributed by atoms with Gasteiger partial charge in [-0.3, -0.25) is 14.2 Å². The van der Waals surface area contributed by atoms with Gasteiger partial charge >= 0.3 is 0 Å². The van der Waals surface area contributed by atoms with Gasteiger partial charge in [-0.2, -0.15) is 4.68 Å². The Labute approximate surface area is 168 Å². The molecule has 0 aliphatic heterocycles. The molecular formula is C19H14ClFN6O2. The number of fused-ring (bicyclic) bond motifs is 1. The first-order valence-corrected chi connectivity index (χ1v) is 8.97. The first-order chi connectivity index (χ1) is 14.0. The van der Waals surface area contributed by atoms with Crippen LogP contribution < -0.4 is 10.9 Å². The van der Waals surface area contributed by atoms with Gasteiger partial charge in [0.2, 0.25) is 5.91 Å². The largest absolute Gasteiger partial charge is 0.350 e. The molecule has 0 fully saturated rings. The summed E-state index contributed by atoms with van der Waals surface area (Å²) >= 11 is 6.06. The average Bonchev–Trinajstić information content (AvgIpc) is 3.14. The van der Waals surface area contributed by atoms with E-state index in [0.29, 0.717) is 10.7 Å². The van der Waals surface area contributed by atoms with E-state index < -0.39 is 11.4 Å². The molecule has 29 heavy (non-hydrogen) atoms. The van der Waals surface area contributed by atoms with Crippen molar-refractivity contribution in [1.82, 2.24) is 29.9 Å². The summed E-state index contributed by atoms with van der Waals surface area (Å²) in [5.41, 5.74) is 0.783. The van der Waals surface area contributed by atoms with Crippen molar-refractivity contribution in [2.45, 2.75) is 13.1 Å². The maximum Gasteiger partial charge on any atom is 0.284 e. The monoisotopic (exact) mass is 412 g/mol. The van der Waals surface area contributed by atoms with Gasteiger partial charge in [0.1, 0.15) is 18.7 Å². The van der Waals surface area contributed by atoms with Crippen molar-refractivity contribution in [2.75, 3.05) is 0 Å². The predicted molar refractivity (Wildman–Crippen MR) is 104 cm³/mol. The number of rotatable bonds is 5. The first kappa shape index (κ1) is 18.8. The number of nitrogens with one attached hydrogen (secondary N) is 1. The molecule has 1 amide bonds. The molecule has 1 N–H and O–H groups in total. The van der Waals surface area contributed by atoms with E-state index in [1.165, 1.54) is 29.2 Å². The molecule has 0 unspecified atom stereocenters. The van der Waals surface area contributed by atoms with Gasteiger partial charge in [0.25, 0.3) is 5.56 Å². The van der Waals surface area contributed by atoms with E-state index in [4.69, 9.17) is 11.6 Å². The quantitative estimate of drug-likeness (QED) is 0.541. The third kappa shape index (κ3) is 3.85. The lowest BCUT2D eigenvalue weighted by Gasteiger charge is -2.08. The minimum Gasteiger partial charge on any atom is -0.350 e. The number of hydrogen-bond donors (Lipinski definition) is 1. The van der Waals surface area contributed by atoms with E-state index in [1.807, 2.05) is 6.07 Å². The molecule has 0 saturated carbocycles. The molecule has 2 aromatic carbocycles. The van der Waals surface area contributed by atoms with Crippen LogP contribution in [0.1, 0.15) is 5.56 Å². The highest BCUT2D eigenvalue weighted by Crippen LogP contribution is 2.14. The summed E-state index contributed by atoms with van der Waals surface area (Å²) in [5, 5.41) is 11.0. The molecule has 0 radical (unpaired) electrons. The van der Waals surface area contributed by atoms with Gasteiger partial charge in [-0.1, -0.05) is 41.1 Å². The Morgan fingerprint density at radius 2 is 2.00 bits per heavy atom. The summed E-state index contributed by atoms with van der Waals surface area (Å²) in [6.45, 7) is -0.00225. The SMILES string of the molecule is O=C(Cn1cnc2c(nnn2-c2cccc(F)c2)c1=O)NCc1ccccc1Cl. The van der Waals surface area contributed by atoms with Crippen LogP contribution in [0, 0.1) is 5.82 Å². The van der Waals surface area contributed by atoms with Crippen molar-refractivity contribution >= 4 is 28.7 Å². The number of benzene rings is 2. The van der Waals surface area contributed by atoms with E-state index in [0.717, 1.165) is 10.1 Å². The van der Waals surface area contributed by atoms with Crippen LogP contribution in [0.4, 0.5) is 4.39 Å². The van der Waals surface area contributed by atoms with Crippen molar-refractivity contribution in [2.24, 2.45) is 0 Å². The van der Waals surface area contributed by atoms with Gasteiger partial charge in [0.05, 0.1) is 5.69 Å². The minimum atomic E-state index is -0.523. The molecule has 10 heteroatoms. The Morgan fingerprint density at radius 1 is 1.17 bits per heavy atom. The van der Waals surface area contributed by atoms with Crippen molar-refractivity contribution in [1.29, 1.82) is 0 Å². The maximum atomic E-state index is 13.5. The van der Waals surface area contributed by atoms with Crippen LogP contribution in [0.2, 0.25) is 5.02 Å². The van der Waals surface area contributed by atoms with Crippen LogP contribution in [0.3, 0.4) is 0 Å². The summed E-state index contributed by atoms with van der Waals surface area (Å²) in [5.74, 6) is -0.833. The molecular weight excluding hydrogens is 399 g/mol. The zero-order valence-corrected chi connectivity index (χ0v) is 15.7. The summed E-state index contributed by atoms with van der Waals surface area (Å²) in [4.78, 5) is 29.0. The van der Waals surface area contributed by atoms with E-state index in [-0.39, 0.29) is 30.2 Å². The standard InChI is InChI=1S/C19H14ClFN6O2/c20-15-7-2-1-4-12(15)9-22-16(28)10-26-11-23-18-17(19(26)29)24-25-27(18)14-6-3-5-13(21)8-14/h1-8,11H,9-10H2,(H,22,28). The van der Waals surface area contributed by atoms with Gasteiger partial charge in [0, 0.05) is 11.6 Å². The highest BCUT2D eigenvalue weighted by Gasteiger charge is 2.15. The zero-order chi connectivity index (χ0) is 20.4. The van der Waals surface area contributed by atoms with Gasteiger partial charge in [-0.05, 0) is 29.8 Å². The van der Waals surface area contributed by atoms with Crippen molar-refractivity contribution in [3.05, 3.63) is 81.6 Å². The van der Waals surface area contributed by atoms with Crippen LogP contribution >= 0.6 is 11.6 Å². The van der Waals surface area contributed by atoms with Gasteiger partial charge in [-0.15, -0.1) is 5.10 Å². The van der Waals surface area contributed by atoms with Crippen LogP contribution in [-0.4, -0.2) is 30.5 Å². The topological polar surface area (TPSA) is 94.7 Å². The molecule has 4 aromatic rings. The molecule has 0 atom stereocenters. The molecule has 2 aromatic heterocycles. The molecule has 0 spiro atoms. The van der Waals surface area contributed by atoms with Gasteiger partial charge in [-0.25, -0.2) is 9.37 Å². The maximum absolute atomic E-state index is 13.5. The van der Waals surface area contributed by atoms with Crippen LogP contribution in [0.15, 0.2) is 59.7 Å². The number of carbonyl (C=O) groups is 1. The molecule has 2 heterocycles. The highest BCUT2D eigenvalue weighted by atomic mass is 35.5. The van der Waals surface area contributed by atoms with Crippen LogP contribution in [-0.2, 0) is 17.9 Å². The number of hydrogen-bond acceptors (Lipinski definition) is 5. The Morgan fingerprint density at radius 3 is 2.79 bits per heavy atom. The smallest absolute Gasteiger partial charge is 0.284 e. The molecule has 8 nitrogen and oxygen atoms in total. The average molecular weight is 413 g/mol. The third-order valence-corrected chi connectivity index (χ3v) is 4.60. The fourth-order valence-electron chi connectivity index (χ4n) is 2.78. The second kappa shape index (κ2) is 7.80. The predicted octanol–water partition coefficient (Wildman–Crippen LogP) is 2.09. The van der Waals surface area contributed by atoms with E-state index >= 15 is 0 Å². The van der Waals surface area contributed by atoms with Gasteiger partial charge < -0.3 is 5.32 Å². The number of nitrogens with zero attached hydrogens (tertiary/aromatic N) is 5. The summed E-state index contributed by atoms with van der Waals surface area (Å²) < 4.78 is 15.9. The molecule has 0 aliphatic carbocycles. The first-order valence-electron chi connectivity index (χ1n) is 8.60. The lowest BCUT2D eigenvalue weighted by atomic mass is 10.2. The Bertz CT molecular complexity index is 1270. The lowest BCUT2D eigenvalue weighted by molar-refractivity contribution is -0.121. The molecule has 0 aliphatic rings. The Kier molecular flexibility index (Phi) is 5.05. The van der Waals surface area contributed by atoms with Gasteiger partial charge in [0.15, 0.2) is 11.2 Å². The third-order valence-electron chi connectivity index (χ3n) is 4.23. The zero-order valence-electron chi connectivity index (χ0n) is 14.9. The minimum absolute atomic E-state index is 0.0179. The second-order valence-electron chi connectivity index (χ2n) is 6.20. The fourth-order valence-corrected chi connectivity index (χ4v) is 2.99. The van der Waals surface area contributed by atoms with E-state index in [2.05, 4.69) is 20.6 Å². The highest BCUT2D eigenvalue weighted by molar-refractivity contribution is 6.31. The normalized spacial score (nSPS) is 11.0. The lowest BCUT2D eigenvalue weighted by Crippen LogP contribution is -2.32. The Hall–Kier alpha value is -3.59. The van der Waals surface area contributed by atoms with Crippen molar-refractivity contribution in [3.8, 4) is 5.69 Å². The van der Waals surface area contributed by atoms with Crippen LogP contribution in [0.25, 0.3) is 16.9 Å². The second-order valence-corrected chi connectivity index (χ2v) is 6.61. The number of halogens is 2. The fraction of sp³-hybridized carbons (Fsp3) is 0.105. The molecule has 146 valence electrons. The summed E-state index contributed by atoms with van der Waals surface area (Å²) in [7, 11) is 0. The summed E-state index contributed by atoms with van der Waals surface area (Å²) in [6, 6.07) is 12.8. The number of carbonyl (C=O) groups excluding carboxylic acids is 1. The Balaban J connectivity index is 1.54. The molecule has 0 bridgehead atoms. The van der Waals surface area contributed by atoms with Crippen molar-refractivity contribution < 1.29 is 9.18 Å². The molecule has 4 rings (SSSR count). The van der Waals surface area contributed by atoms with E-state index in [1.54, 1.807) is 24.3 Å². The van der Waals surface area contributed by atoms with Crippen molar-refractivity contribution in [3.63, 3.8) is 0 Å². The summed E-state index contributed by atoms with van der Waals surface area (Å²) in [6.07, 6.45) is 1.24. The molecule has 0 saturated heterocycles. The number of aromatic nitrogens is 5. The number of amides is 1. The van der Waals surface area contributed by atoms with Crippen LogP contribution in [0.5, 0.6) is 0 Å². The van der Waals surface area contributed by atoms with E-state index in [9.17, 15) is 14.0 Å².